The summed E-state index contributed by atoms with van der Waals surface area (Å²) in [4.78, 5) is 51.5. The van der Waals surface area contributed by atoms with Gasteiger partial charge in [-0.3, -0.25) is 19.2 Å². The molecule has 8 atom stereocenters. The van der Waals surface area contributed by atoms with Gasteiger partial charge in [-0.05, 0) is 72.8 Å². The summed E-state index contributed by atoms with van der Waals surface area (Å²) in [7, 11) is -8.82. The molecule has 0 aromatic heterocycles. The minimum Gasteiger partial charge on any atom is -0.325 e. The van der Waals surface area contributed by atoms with Crippen molar-refractivity contribution in [2.45, 2.75) is 88.3 Å². The Hall–Kier alpha value is -2.19. The predicted molar refractivity (Wildman–Crippen MR) is 162 cm³/mol. The van der Waals surface area contributed by atoms with Crippen molar-refractivity contribution in [2.75, 3.05) is 5.32 Å². The van der Waals surface area contributed by atoms with Gasteiger partial charge in [0.05, 0.1) is 10.7 Å². The molecule has 4 saturated carbocycles. The number of Topliss-reactive ketones (excluding diaryl/α,β-unsaturated/α-hetero) is 3. The monoisotopic (exact) mass is 669 g/mol. The number of carbonyl (C=O) groups is 4. The smallest absolute Gasteiger partial charge is 0.240 e. The molecule has 0 bridgehead atoms. The summed E-state index contributed by atoms with van der Waals surface area (Å²) in [5.74, 6) is -0.405. The van der Waals surface area contributed by atoms with Crippen LogP contribution in [0.4, 0.5) is 5.69 Å². The van der Waals surface area contributed by atoms with Crippen molar-refractivity contribution in [1.29, 1.82) is 0 Å². The van der Waals surface area contributed by atoms with E-state index in [9.17, 15) is 36.0 Å². The third-order valence-corrected chi connectivity index (χ3v) is 14.0. The van der Waals surface area contributed by atoms with Crippen molar-refractivity contribution in [3.63, 3.8) is 0 Å². The molecule has 0 saturated heterocycles. The first kappa shape index (κ1) is 33.2. The molecule has 0 heterocycles. The molecular formula is C30H40ClN3O8S2. The van der Waals surface area contributed by atoms with E-state index in [1.54, 1.807) is 0 Å². The normalized spacial score (nSPS) is 34.6. The number of hydrogen-bond donors (Lipinski definition) is 3. The summed E-state index contributed by atoms with van der Waals surface area (Å²) in [6, 6.07) is 1.70. The molecule has 1 aromatic rings. The standard InChI is InChI=1S/C30H40ClN3O8S2/c1-15(4-7-27(38)34-22-13-21(31)24(43(32,39)40)14-25(22)44(33,41)42)18-5-6-19-28-20(12-26(37)30(18,19)3)29(2)9-8-17(35)10-16(29)11-23(28)36/h13-16,18-20,28H,4-12H2,1-3H3,(H,34,38)(H2,32,39,40)(H2,33,41,42)/t15-,16+,18-,19+,20+,28+,29+,30-/m1/s1. The fourth-order valence-electron chi connectivity index (χ4n) is 9.25. The lowest BCUT2D eigenvalue weighted by Gasteiger charge is -2.58. The van der Waals surface area contributed by atoms with Crippen LogP contribution >= 0.6 is 11.6 Å². The number of primary sulfonamides is 2. The van der Waals surface area contributed by atoms with Crippen molar-refractivity contribution in [3.8, 4) is 0 Å². The highest BCUT2D eigenvalue weighted by Crippen LogP contribution is 2.66. The molecule has 11 nitrogen and oxygen atoms in total. The maximum absolute atomic E-state index is 14.0. The van der Waals surface area contributed by atoms with E-state index in [1.807, 2.05) is 13.8 Å². The van der Waals surface area contributed by atoms with Crippen LogP contribution in [0.25, 0.3) is 0 Å². The minimum atomic E-state index is -4.45. The number of sulfonamides is 2. The number of rotatable bonds is 7. The first-order chi connectivity index (χ1) is 20.3. The van der Waals surface area contributed by atoms with E-state index >= 15 is 0 Å². The molecule has 5 rings (SSSR count). The third kappa shape index (κ3) is 5.56. The number of benzene rings is 1. The topological polar surface area (TPSA) is 201 Å². The number of amides is 1. The second-order valence-corrected chi connectivity index (χ2v) is 17.3. The van der Waals surface area contributed by atoms with E-state index in [0.29, 0.717) is 38.2 Å². The largest absolute Gasteiger partial charge is 0.325 e. The van der Waals surface area contributed by atoms with Crippen molar-refractivity contribution in [3.05, 3.63) is 17.2 Å². The number of carbonyl (C=O) groups excluding carboxylic acids is 4. The molecule has 5 N–H and O–H groups in total. The Labute approximate surface area is 263 Å². The average Bonchev–Trinajstić information content (AvgIpc) is 3.26. The van der Waals surface area contributed by atoms with Gasteiger partial charge in [-0.25, -0.2) is 27.1 Å². The van der Waals surface area contributed by atoms with Gasteiger partial charge in [-0.2, -0.15) is 0 Å². The van der Waals surface area contributed by atoms with E-state index in [4.69, 9.17) is 21.9 Å². The quantitative estimate of drug-likeness (QED) is 0.391. The summed E-state index contributed by atoms with van der Waals surface area (Å²) in [6.45, 7) is 6.16. The van der Waals surface area contributed by atoms with E-state index < -0.39 is 41.2 Å². The summed E-state index contributed by atoms with van der Waals surface area (Å²) in [5, 5.41) is 12.5. The fraction of sp³-hybridized carbons (Fsp3) is 0.667. The van der Waals surface area contributed by atoms with Gasteiger partial charge in [0.1, 0.15) is 27.1 Å². The van der Waals surface area contributed by atoms with Gasteiger partial charge in [0.15, 0.2) is 0 Å². The van der Waals surface area contributed by atoms with Crippen LogP contribution in [0, 0.1) is 46.3 Å². The SMILES string of the molecule is C[C@H](CCC(=O)Nc1cc(Cl)c(S(N)(=O)=O)cc1S(N)(=O)=O)[C@H]1CC[C@H]2[C@@H]3C(=O)C[C@@H]4CC(=O)CC[C@]4(C)[C@H]3CC(=O)[C@]12C. The van der Waals surface area contributed by atoms with Crippen molar-refractivity contribution in [1.82, 2.24) is 0 Å². The highest BCUT2D eigenvalue weighted by molar-refractivity contribution is 7.90. The summed E-state index contributed by atoms with van der Waals surface area (Å²) >= 11 is 6.02. The third-order valence-electron chi connectivity index (χ3n) is 11.7. The molecule has 14 heteroatoms. The summed E-state index contributed by atoms with van der Waals surface area (Å²) in [6.07, 6.45) is 4.27. The van der Waals surface area contributed by atoms with Gasteiger partial charge in [-0.15, -0.1) is 0 Å². The van der Waals surface area contributed by atoms with Crippen LogP contribution in [0.3, 0.4) is 0 Å². The lowest BCUT2D eigenvalue weighted by atomic mass is 9.44. The number of ketones is 3. The molecule has 242 valence electrons. The van der Waals surface area contributed by atoms with Crippen molar-refractivity contribution in [2.24, 2.45) is 56.6 Å². The predicted octanol–water partition coefficient (Wildman–Crippen LogP) is 3.58. The molecule has 1 aromatic carbocycles. The Morgan fingerprint density at radius 3 is 2.30 bits per heavy atom. The Kier molecular flexibility index (Phi) is 8.49. The Morgan fingerprint density at radius 2 is 1.66 bits per heavy atom. The van der Waals surface area contributed by atoms with Crippen LogP contribution in [0.5, 0.6) is 0 Å². The number of nitrogens with one attached hydrogen (secondary N) is 1. The van der Waals surface area contributed by atoms with Crippen LogP contribution < -0.4 is 15.6 Å². The molecular weight excluding hydrogens is 630 g/mol. The number of fused-ring (bicyclic) bond motifs is 5. The van der Waals surface area contributed by atoms with Crippen molar-refractivity contribution >= 4 is 60.6 Å². The van der Waals surface area contributed by atoms with Gasteiger partial charge in [0.25, 0.3) is 0 Å². The first-order valence-corrected chi connectivity index (χ1v) is 18.5. The average molecular weight is 670 g/mol. The van der Waals surface area contributed by atoms with Crippen LogP contribution in [0.15, 0.2) is 21.9 Å². The highest BCUT2D eigenvalue weighted by Gasteiger charge is 2.66. The Bertz CT molecular complexity index is 1660. The summed E-state index contributed by atoms with van der Waals surface area (Å²) in [5.41, 5.74) is -1.16. The molecule has 0 spiro atoms. The van der Waals surface area contributed by atoms with Crippen molar-refractivity contribution < 1.29 is 36.0 Å². The van der Waals surface area contributed by atoms with Crippen LogP contribution in [-0.2, 0) is 39.2 Å². The lowest BCUT2D eigenvalue weighted by Crippen LogP contribution is -2.60. The molecule has 4 fully saturated rings. The number of hydrogen-bond acceptors (Lipinski definition) is 8. The molecule has 4 aliphatic rings. The zero-order valence-corrected chi connectivity index (χ0v) is 27.5. The number of anilines is 1. The lowest BCUT2D eigenvalue weighted by molar-refractivity contribution is -0.166. The molecule has 4 aliphatic carbocycles. The first-order valence-electron chi connectivity index (χ1n) is 15.0. The number of halogens is 1. The van der Waals surface area contributed by atoms with E-state index in [2.05, 4.69) is 12.2 Å². The van der Waals surface area contributed by atoms with Gasteiger partial charge < -0.3 is 5.32 Å². The maximum Gasteiger partial charge on any atom is 0.240 e. The van der Waals surface area contributed by atoms with E-state index in [-0.39, 0.29) is 75.4 Å². The van der Waals surface area contributed by atoms with Gasteiger partial charge in [-0.1, -0.05) is 32.4 Å². The highest BCUT2D eigenvalue weighted by atomic mass is 35.5. The molecule has 0 radical (unpaired) electrons. The molecule has 1 amide bonds. The fourth-order valence-corrected chi connectivity index (χ4v) is 11.1. The minimum absolute atomic E-state index is 0.00450. The molecule has 0 aliphatic heterocycles. The van der Waals surface area contributed by atoms with E-state index in [1.165, 1.54) is 0 Å². The maximum atomic E-state index is 14.0. The zero-order chi connectivity index (χ0) is 32.6. The Morgan fingerprint density at radius 1 is 1.00 bits per heavy atom. The Balaban J connectivity index is 1.31. The van der Waals surface area contributed by atoms with Crippen LogP contribution in [0.1, 0.15) is 78.6 Å². The van der Waals surface area contributed by atoms with Crippen LogP contribution in [0.2, 0.25) is 5.02 Å². The second-order valence-electron chi connectivity index (χ2n) is 13.9. The van der Waals surface area contributed by atoms with Crippen LogP contribution in [-0.4, -0.2) is 40.1 Å². The van der Waals surface area contributed by atoms with Gasteiger partial charge in [0, 0.05) is 43.4 Å². The van der Waals surface area contributed by atoms with Gasteiger partial charge >= 0.3 is 0 Å². The van der Waals surface area contributed by atoms with E-state index in [0.717, 1.165) is 25.3 Å². The molecule has 44 heavy (non-hydrogen) atoms. The second kappa shape index (κ2) is 11.3. The molecule has 0 unspecified atom stereocenters. The number of nitrogens with two attached hydrogens (primary N) is 2. The van der Waals surface area contributed by atoms with Gasteiger partial charge in [0.2, 0.25) is 26.0 Å². The zero-order valence-electron chi connectivity index (χ0n) is 25.1. The summed E-state index contributed by atoms with van der Waals surface area (Å²) < 4.78 is 48.0.